The fourth-order valence-electron chi connectivity index (χ4n) is 1.94. The van der Waals surface area contributed by atoms with Crippen molar-refractivity contribution in [1.29, 1.82) is 0 Å². The molecule has 0 aromatic rings. The predicted octanol–water partition coefficient (Wildman–Crippen LogP) is 5.21. The third-order valence-corrected chi connectivity index (χ3v) is 3.66. The van der Waals surface area contributed by atoms with E-state index in [1.165, 1.54) is 0 Å². The van der Waals surface area contributed by atoms with Gasteiger partial charge in [0.05, 0.1) is 12.8 Å². The fourth-order valence-corrected chi connectivity index (χ4v) is 1.94. The van der Waals surface area contributed by atoms with Crippen LogP contribution < -0.4 is 0 Å². The van der Waals surface area contributed by atoms with Crippen LogP contribution in [0, 0.1) is 22.7 Å². The van der Waals surface area contributed by atoms with Gasteiger partial charge in [-0.1, -0.05) is 69.2 Å². The van der Waals surface area contributed by atoms with Crippen molar-refractivity contribution in [2.45, 2.75) is 94.9 Å². The normalized spacial score (nSPS) is 11.8. The average molecular weight is 369 g/mol. The van der Waals surface area contributed by atoms with E-state index in [4.69, 9.17) is 0 Å². The maximum absolute atomic E-state index is 11.4. The molecule has 0 spiro atoms. The molecule has 0 fully saturated rings. The molecule has 0 aromatic carbocycles. The Kier molecular flexibility index (Phi) is 11.8. The van der Waals surface area contributed by atoms with Crippen LogP contribution in [0.25, 0.3) is 0 Å². The van der Waals surface area contributed by atoms with Crippen LogP contribution in [-0.2, 0) is 19.2 Å². The molecule has 4 nitrogen and oxygen atoms in total. The summed E-state index contributed by atoms with van der Waals surface area (Å²) in [6.07, 6.45) is 1.23. The lowest BCUT2D eigenvalue weighted by molar-refractivity contribution is -0.133. The van der Waals surface area contributed by atoms with E-state index >= 15 is 0 Å². The highest BCUT2D eigenvalue weighted by Gasteiger charge is 2.24. The molecule has 0 amide bonds. The smallest absolute Gasteiger partial charge is 0.145 e. The summed E-state index contributed by atoms with van der Waals surface area (Å²) in [4.78, 5) is 45.5. The third-order valence-electron chi connectivity index (χ3n) is 3.66. The van der Waals surface area contributed by atoms with Gasteiger partial charge in [-0.05, 0) is 11.8 Å². The highest BCUT2D eigenvalue weighted by atomic mass is 16.2. The zero-order valence-electron chi connectivity index (χ0n) is 18.6. The second kappa shape index (κ2) is 11.4. The summed E-state index contributed by atoms with van der Waals surface area (Å²) >= 11 is 0. The Balaban J connectivity index is 0. The summed E-state index contributed by atoms with van der Waals surface area (Å²) < 4.78 is 0. The Morgan fingerprint density at radius 1 is 0.577 bits per heavy atom. The monoisotopic (exact) mass is 368 g/mol. The number of carbonyl (C=O) groups excluding carboxylic acids is 4. The zero-order valence-corrected chi connectivity index (χ0v) is 18.6. The summed E-state index contributed by atoms with van der Waals surface area (Å²) in [7, 11) is 0. The van der Waals surface area contributed by atoms with Crippen molar-refractivity contribution >= 4 is 23.1 Å². The largest absolute Gasteiger partial charge is 0.299 e. The topological polar surface area (TPSA) is 68.3 Å². The summed E-state index contributed by atoms with van der Waals surface area (Å²) in [6.45, 7) is 19.0. The van der Waals surface area contributed by atoms with Gasteiger partial charge in [-0.15, -0.1) is 0 Å². The SMILES string of the molecule is CC(C)CC(=O)CC(=O)C(C)(C)C.CC(C)CC(=O)CC(=O)C(C)(C)C. The highest BCUT2D eigenvalue weighted by molar-refractivity contribution is 6.01. The molecule has 0 bridgehead atoms. The lowest BCUT2D eigenvalue weighted by Gasteiger charge is -2.16. The molecule has 0 aromatic heterocycles. The molecule has 0 atom stereocenters. The number of carbonyl (C=O) groups is 4. The minimum absolute atomic E-state index is 0.0400. The summed E-state index contributed by atoms with van der Waals surface area (Å²) in [5, 5.41) is 0. The molecule has 26 heavy (non-hydrogen) atoms. The first-order valence-electron chi connectivity index (χ1n) is 9.56. The van der Waals surface area contributed by atoms with Gasteiger partial charge in [0.1, 0.15) is 23.1 Å². The van der Waals surface area contributed by atoms with Gasteiger partial charge in [0, 0.05) is 23.7 Å². The molecule has 0 radical (unpaired) electrons. The number of rotatable bonds is 8. The molecule has 0 rings (SSSR count). The first kappa shape index (κ1) is 26.9. The van der Waals surface area contributed by atoms with Gasteiger partial charge in [0.25, 0.3) is 0 Å². The van der Waals surface area contributed by atoms with Crippen molar-refractivity contribution in [2.24, 2.45) is 22.7 Å². The van der Waals surface area contributed by atoms with E-state index < -0.39 is 0 Å². The molecule has 0 aliphatic carbocycles. The molecule has 0 unspecified atom stereocenters. The Morgan fingerprint density at radius 2 is 0.808 bits per heavy atom. The number of hydrogen-bond acceptors (Lipinski definition) is 4. The van der Waals surface area contributed by atoms with Gasteiger partial charge >= 0.3 is 0 Å². The molecule has 4 heteroatoms. The number of ketones is 4. The summed E-state index contributed by atoms with van der Waals surface area (Å²) in [5.74, 6) is 0.904. The van der Waals surface area contributed by atoms with Gasteiger partial charge in [-0.25, -0.2) is 0 Å². The van der Waals surface area contributed by atoms with Crippen LogP contribution in [-0.4, -0.2) is 23.1 Å². The van der Waals surface area contributed by atoms with E-state index in [1.807, 2.05) is 69.2 Å². The Bertz CT molecular complexity index is 439. The minimum Gasteiger partial charge on any atom is -0.299 e. The predicted molar refractivity (Wildman–Crippen MR) is 107 cm³/mol. The maximum Gasteiger partial charge on any atom is 0.145 e. The zero-order chi connectivity index (χ0) is 21.3. The lowest BCUT2D eigenvalue weighted by Crippen LogP contribution is -2.23. The molecule has 0 aliphatic heterocycles. The Morgan fingerprint density at radius 3 is 0.962 bits per heavy atom. The van der Waals surface area contributed by atoms with E-state index in [-0.39, 0.29) is 46.8 Å². The Hall–Kier alpha value is -1.32. The highest BCUT2D eigenvalue weighted by Crippen LogP contribution is 2.18. The van der Waals surface area contributed by atoms with Crippen LogP contribution in [0.3, 0.4) is 0 Å². The van der Waals surface area contributed by atoms with Gasteiger partial charge in [0.15, 0.2) is 0 Å². The van der Waals surface area contributed by atoms with E-state index in [2.05, 4.69) is 0 Å². The van der Waals surface area contributed by atoms with Crippen LogP contribution >= 0.6 is 0 Å². The van der Waals surface area contributed by atoms with E-state index in [1.54, 1.807) is 0 Å². The van der Waals surface area contributed by atoms with Crippen LogP contribution in [0.1, 0.15) is 94.9 Å². The molecular weight excluding hydrogens is 328 g/mol. The molecule has 0 saturated heterocycles. The number of Topliss-reactive ketones (excluding diaryl/α,β-unsaturated/α-hetero) is 4. The summed E-state index contributed by atoms with van der Waals surface area (Å²) in [5.41, 5.74) is -0.765. The molecule has 0 N–H and O–H groups in total. The van der Waals surface area contributed by atoms with Gasteiger partial charge < -0.3 is 0 Å². The van der Waals surface area contributed by atoms with Crippen LogP contribution in [0.2, 0.25) is 0 Å². The maximum atomic E-state index is 11.4. The summed E-state index contributed by atoms with van der Waals surface area (Å²) in [6, 6.07) is 0. The molecule has 0 aliphatic rings. The van der Waals surface area contributed by atoms with Crippen molar-refractivity contribution in [2.75, 3.05) is 0 Å². The van der Waals surface area contributed by atoms with Crippen molar-refractivity contribution in [3.63, 3.8) is 0 Å². The van der Waals surface area contributed by atoms with Crippen molar-refractivity contribution in [3.05, 3.63) is 0 Å². The molecule has 0 saturated carbocycles. The first-order valence-corrected chi connectivity index (χ1v) is 9.56. The van der Waals surface area contributed by atoms with E-state index in [0.29, 0.717) is 24.7 Å². The average Bonchev–Trinajstić information content (AvgIpc) is 2.34. The molecular formula is C22H40O4. The molecule has 152 valence electrons. The molecule has 0 heterocycles. The van der Waals surface area contributed by atoms with Crippen molar-refractivity contribution < 1.29 is 19.2 Å². The van der Waals surface area contributed by atoms with Crippen LogP contribution in [0.4, 0.5) is 0 Å². The Labute approximate surface area is 160 Å². The van der Waals surface area contributed by atoms with Crippen LogP contribution in [0.5, 0.6) is 0 Å². The van der Waals surface area contributed by atoms with Crippen molar-refractivity contribution in [1.82, 2.24) is 0 Å². The second-order valence-corrected chi connectivity index (χ2v) is 9.97. The third kappa shape index (κ3) is 15.0. The standard InChI is InChI=1S/2C11H20O2/c2*1-8(2)6-9(12)7-10(13)11(3,4)5/h2*8H,6-7H2,1-5H3. The van der Waals surface area contributed by atoms with E-state index in [9.17, 15) is 19.2 Å². The second-order valence-electron chi connectivity index (χ2n) is 9.97. The van der Waals surface area contributed by atoms with Crippen molar-refractivity contribution in [3.8, 4) is 0 Å². The quantitative estimate of drug-likeness (QED) is 0.551. The number of hydrogen-bond donors (Lipinski definition) is 0. The fraction of sp³-hybridized carbons (Fsp3) is 0.818. The minimum atomic E-state index is -0.382. The lowest BCUT2D eigenvalue weighted by atomic mass is 9.87. The van der Waals surface area contributed by atoms with E-state index in [0.717, 1.165) is 0 Å². The van der Waals surface area contributed by atoms with Gasteiger partial charge in [0.2, 0.25) is 0 Å². The first-order chi connectivity index (χ1) is 11.5. The van der Waals surface area contributed by atoms with Crippen LogP contribution in [0.15, 0.2) is 0 Å². The van der Waals surface area contributed by atoms with Gasteiger partial charge in [-0.3, -0.25) is 19.2 Å². The van der Waals surface area contributed by atoms with Gasteiger partial charge in [-0.2, -0.15) is 0 Å².